The summed E-state index contributed by atoms with van der Waals surface area (Å²) in [5.74, 6) is 0.655. The summed E-state index contributed by atoms with van der Waals surface area (Å²) in [5, 5.41) is 9.10. The van der Waals surface area contributed by atoms with Gasteiger partial charge in [-0.1, -0.05) is 18.2 Å². The van der Waals surface area contributed by atoms with Gasteiger partial charge < -0.3 is 9.52 Å². The third-order valence-corrected chi connectivity index (χ3v) is 2.94. The van der Waals surface area contributed by atoms with Crippen molar-refractivity contribution in [2.45, 2.75) is 11.5 Å². The highest BCUT2D eigenvalue weighted by molar-refractivity contribution is 7.98. The van der Waals surface area contributed by atoms with Crippen molar-refractivity contribution >= 4 is 11.8 Å². The maximum Gasteiger partial charge on any atom is 0.181 e. The van der Waals surface area contributed by atoms with Gasteiger partial charge in [0.25, 0.3) is 0 Å². The quantitative estimate of drug-likeness (QED) is 0.809. The monoisotopic (exact) mass is 221 g/mol. The van der Waals surface area contributed by atoms with Gasteiger partial charge in [0.05, 0.1) is 6.61 Å². The zero-order chi connectivity index (χ0) is 10.7. The van der Waals surface area contributed by atoms with Crippen LogP contribution >= 0.6 is 11.8 Å². The van der Waals surface area contributed by atoms with E-state index in [4.69, 9.17) is 9.52 Å². The standard InChI is InChI=1S/C11H11NO2S/c1-15-10-5-3-2-4-8(10)11-9(6-13)12-7-14-11/h2-5,7,13H,6H2,1H3. The smallest absolute Gasteiger partial charge is 0.181 e. The largest absolute Gasteiger partial charge is 0.443 e. The Balaban J connectivity index is 2.53. The van der Waals surface area contributed by atoms with E-state index in [1.165, 1.54) is 6.39 Å². The number of aliphatic hydroxyl groups excluding tert-OH is 1. The summed E-state index contributed by atoms with van der Waals surface area (Å²) in [6.07, 6.45) is 3.37. The van der Waals surface area contributed by atoms with Gasteiger partial charge >= 0.3 is 0 Å². The lowest BCUT2D eigenvalue weighted by Crippen LogP contribution is -1.88. The molecule has 3 nitrogen and oxygen atoms in total. The number of rotatable bonds is 3. The fraction of sp³-hybridized carbons (Fsp3) is 0.182. The molecule has 0 aliphatic heterocycles. The van der Waals surface area contributed by atoms with Crippen molar-refractivity contribution < 1.29 is 9.52 Å². The third-order valence-electron chi connectivity index (χ3n) is 2.14. The molecule has 4 heteroatoms. The zero-order valence-electron chi connectivity index (χ0n) is 8.30. The molecule has 1 N–H and O–H groups in total. The van der Waals surface area contributed by atoms with Crippen LogP contribution in [0.2, 0.25) is 0 Å². The number of hydrogen-bond acceptors (Lipinski definition) is 4. The summed E-state index contributed by atoms with van der Waals surface area (Å²) >= 11 is 1.64. The first kappa shape index (κ1) is 10.3. The van der Waals surface area contributed by atoms with Gasteiger partial charge in [0.1, 0.15) is 5.69 Å². The van der Waals surface area contributed by atoms with Crippen molar-refractivity contribution in [2.75, 3.05) is 6.26 Å². The first-order chi connectivity index (χ1) is 7.36. The molecule has 0 saturated heterocycles. The van der Waals surface area contributed by atoms with Crippen LogP contribution in [0.5, 0.6) is 0 Å². The first-order valence-corrected chi connectivity index (χ1v) is 5.76. The number of hydrogen-bond donors (Lipinski definition) is 1. The van der Waals surface area contributed by atoms with E-state index in [0.717, 1.165) is 10.5 Å². The summed E-state index contributed by atoms with van der Waals surface area (Å²) in [4.78, 5) is 5.08. The van der Waals surface area contributed by atoms with Gasteiger partial charge in [0.15, 0.2) is 12.2 Å². The molecule has 0 fully saturated rings. The van der Waals surface area contributed by atoms with Gasteiger partial charge in [-0.3, -0.25) is 0 Å². The molecule has 2 aromatic rings. The van der Waals surface area contributed by atoms with Crippen molar-refractivity contribution in [1.82, 2.24) is 4.98 Å². The maximum atomic E-state index is 9.10. The van der Waals surface area contributed by atoms with Crippen LogP contribution in [0.4, 0.5) is 0 Å². The molecule has 0 aliphatic rings. The molecular weight excluding hydrogens is 210 g/mol. The van der Waals surface area contributed by atoms with Crippen LogP contribution in [0, 0.1) is 0 Å². The molecule has 0 saturated carbocycles. The zero-order valence-corrected chi connectivity index (χ0v) is 9.12. The highest BCUT2D eigenvalue weighted by Gasteiger charge is 2.12. The predicted octanol–water partition coefficient (Wildman–Crippen LogP) is 2.56. The number of thioether (sulfide) groups is 1. The fourth-order valence-electron chi connectivity index (χ4n) is 1.43. The molecule has 2 rings (SSSR count). The predicted molar refractivity (Wildman–Crippen MR) is 59.6 cm³/mol. The average Bonchev–Trinajstić information content (AvgIpc) is 2.76. The van der Waals surface area contributed by atoms with E-state index in [2.05, 4.69) is 4.98 Å². The molecule has 0 aliphatic carbocycles. The average molecular weight is 221 g/mol. The minimum absolute atomic E-state index is 0.103. The van der Waals surface area contributed by atoms with Crippen LogP contribution in [0.15, 0.2) is 40.0 Å². The molecule has 0 atom stereocenters. The normalized spacial score (nSPS) is 10.5. The first-order valence-electron chi connectivity index (χ1n) is 4.53. The van der Waals surface area contributed by atoms with Crippen molar-refractivity contribution in [1.29, 1.82) is 0 Å². The minimum atomic E-state index is -0.103. The van der Waals surface area contributed by atoms with Crippen LogP contribution in [-0.4, -0.2) is 16.3 Å². The topological polar surface area (TPSA) is 46.3 Å². The summed E-state index contributed by atoms with van der Waals surface area (Å²) < 4.78 is 5.30. The van der Waals surface area contributed by atoms with Crippen LogP contribution in [0.1, 0.15) is 5.69 Å². The Morgan fingerprint density at radius 2 is 2.20 bits per heavy atom. The molecular formula is C11H11NO2S. The Hall–Kier alpha value is -1.26. The SMILES string of the molecule is CSc1ccccc1-c1ocnc1CO. The second-order valence-electron chi connectivity index (χ2n) is 2.99. The molecule has 0 radical (unpaired) electrons. The lowest BCUT2D eigenvalue weighted by Gasteiger charge is -2.04. The summed E-state index contributed by atoms with van der Waals surface area (Å²) in [7, 11) is 0. The van der Waals surface area contributed by atoms with E-state index in [9.17, 15) is 0 Å². The molecule has 78 valence electrons. The lowest BCUT2D eigenvalue weighted by atomic mass is 10.1. The van der Waals surface area contributed by atoms with Crippen LogP contribution in [-0.2, 0) is 6.61 Å². The Bertz CT molecular complexity index is 453. The molecule has 1 heterocycles. The van der Waals surface area contributed by atoms with Crippen molar-refractivity contribution in [3.63, 3.8) is 0 Å². The lowest BCUT2D eigenvalue weighted by molar-refractivity contribution is 0.277. The molecule has 0 bridgehead atoms. The van der Waals surface area contributed by atoms with Crippen molar-refractivity contribution in [2.24, 2.45) is 0 Å². The van der Waals surface area contributed by atoms with Crippen LogP contribution < -0.4 is 0 Å². The van der Waals surface area contributed by atoms with Gasteiger partial charge in [0, 0.05) is 10.5 Å². The van der Waals surface area contributed by atoms with Gasteiger partial charge in [-0.15, -0.1) is 11.8 Å². The molecule has 1 aromatic carbocycles. The maximum absolute atomic E-state index is 9.10. The molecule has 1 aromatic heterocycles. The summed E-state index contributed by atoms with van der Waals surface area (Å²) in [6, 6.07) is 7.90. The molecule has 15 heavy (non-hydrogen) atoms. The van der Waals surface area contributed by atoms with E-state index in [-0.39, 0.29) is 6.61 Å². The Morgan fingerprint density at radius 1 is 1.40 bits per heavy atom. The molecule has 0 spiro atoms. The number of aromatic nitrogens is 1. The van der Waals surface area contributed by atoms with E-state index < -0.39 is 0 Å². The highest BCUT2D eigenvalue weighted by atomic mass is 32.2. The van der Waals surface area contributed by atoms with Crippen molar-refractivity contribution in [3.8, 4) is 11.3 Å². The second-order valence-corrected chi connectivity index (χ2v) is 3.83. The Kier molecular flexibility index (Phi) is 3.08. The van der Waals surface area contributed by atoms with Gasteiger partial charge in [0.2, 0.25) is 0 Å². The number of aliphatic hydroxyl groups is 1. The molecule has 0 amide bonds. The van der Waals surface area contributed by atoms with Gasteiger partial charge in [-0.2, -0.15) is 0 Å². The van der Waals surface area contributed by atoms with Crippen LogP contribution in [0.25, 0.3) is 11.3 Å². The highest BCUT2D eigenvalue weighted by Crippen LogP contribution is 2.31. The minimum Gasteiger partial charge on any atom is -0.443 e. The van der Waals surface area contributed by atoms with E-state index in [1.807, 2.05) is 30.5 Å². The number of benzene rings is 1. The van der Waals surface area contributed by atoms with E-state index >= 15 is 0 Å². The van der Waals surface area contributed by atoms with Gasteiger partial charge in [-0.05, 0) is 12.3 Å². The van der Waals surface area contributed by atoms with E-state index in [0.29, 0.717) is 11.5 Å². The summed E-state index contributed by atoms with van der Waals surface area (Å²) in [6.45, 7) is -0.103. The Morgan fingerprint density at radius 3 is 2.93 bits per heavy atom. The second kappa shape index (κ2) is 4.51. The number of oxazole rings is 1. The summed E-state index contributed by atoms with van der Waals surface area (Å²) in [5.41, 5.74) is 1.56. The third kappa shape index (κ3) is 1.91. The van der Waals surface area contributed by atoms with Crippen LogP contribution in [0.3, 0.4) is 0 Å². The fourth-order valence-corrected chi connectivity index (χ4v) is 2.03. The van der Waals surface area contributed by atoms with E-state index in [1.54, 1.807) is 11.8 Å². The van der Waals surface area contributed by atoms with Gasteiger partial charge in [-0.25, -0.2) is 4.98 Å². The van der Waals surface area contributed by atoms with Crippen molar-refractivity contribution in [3.05, 3.63) is 36.4 Å². The number of nitrogens with zero attached hydrogens (tertiary/aromatic N) is 1. The Labute approximate surface area is 92.1 Å². The molecule has 0 unspecified atom stereocenters.